The first kappa shape index (κ1) is 20.3. The van der Waals surface area contributed by atoms with Gasteiger partial charge in [-0.1, -0.05) is 23.8 Å². The Bertz CT molecular complexity index is 851. The molecule has 0 heterocycles. The zero-order chi connectivity index (χ0) is 20.1. The summed E-state index contributed by atoms with van der Waals surface area (Å²) in [5.41, 5.74) is 10.9. The summed E-state index contributed by atoms with van der Waals surface area (Å²) in [5, 5.41) is 5.70. The van der Waals surface area contributed by atoms with Crippen molar-refractivity contribution < 1.29 is 9.59 Å². The van der Waals surface area contributed by atoms with Crippen molar-refractivity contribution in [3.8, 4) is 0 Å². The standard InChI is InChI=1S/C22H27N3O2S/c1-14-6-9-18(10-7-14)24-21(26)13-28-15(2)22(27)25-20-5-3-4-16-12-17(23)8-11-19(16)20/h6-12,15,20H,3-5,13,23H2,1-2H3,(H,24,26)(H,25,27). The third kappa shape index (κ3) is 5.29. The molecule has 0 radical (unpaired) electrons. The third-order valence-corrected chi connectivity index (χ3v) is 6.11. The van der Waals surface area contributed by atoms with Crippen LogP contribution >= 0.6 is 11.8 Å². The Kier molecular flexibility index (Phi) is 6.62. The summed E-state index contributed by atoms with van der Waals surface area (Å²) >= 11 is 1.34. The number of carbonyl (C=O) groups is 2. The highest BCUT2D eigenvalue weighted by molar-refractivity contribution is 8.01. The van der Waals surface area contributed by atoms with E-state index in [0.29, 0.717) is 0 Å². The van der Waals surface area contributed by atoms with Crippen molar-refractivity contribution in [1.29, 1.82) is 0 Å². The quantitative estimate of drug-likeness (QED) is 0.647. The second kappa shape index (κ2) is 9.15. The van der Waals surface area contributed by atoms with E-state index in [2.05, 4.69) is 10.6 Å². The highest BCUT2D eigenvalue weighted by atomic mass is 32.2. The molecule has 0 saturated carbocycles. The molecule has 2 amide bonds. The maximum atomic E-state index is 12.6. The van der Waals surface area contributed by atoms with Crippen LogP contribution in [0, 0.1) is 6.92 Å². The van der Waals surface area contributed by atoms with Crippen molar-refractivity contribution in [3.63, 3.8) is 0 Å². The minimum atomic E-state index is -0.303. The summed E-state index contributed by atoms with van der Waals surface area (Å²) in [6.07, 6.45) is 2.95. The molecule has 2 atom stereocenters. The summed E-state index contributed by atoms with van der Waals surface area (Å²) < 4.78 is 0. The van der Waals surface area contributed by atoms with E-state index < -0.39 is 0 Å². The molecule has 1 aliphatic carbocycles. The Morgan fingerprint density at radius 2 is 1.96 bits per heavy atom. The molecule has 0 bridgehead atoms. The molecule has 6 heteroatoms. The Balaban J connectivity index is 1.50. The Morgan fingerprint density at radius 1 is 1.21 bits per heavy atom. The maximum absolute atomic E-state index is 12.6. The van der Waals surface area contributed by atoms with Gasteiger partial charge < -0.3 is 16.4 Å². The van der Waals surface area contributed by atoms with Crippen molar-refractivity contribution >= 4 is 35.0 Å². The lowest BCUT2D eigenvalue weighted by atomic mass is 9.87. The van der Waals surface area contributed by atoms with Gasteiger partial charge in [0.25, 0.3) is 0 Å². The second-order valence-corrected chi connectivity index (χ2v) is 8.61. The number of carbonyl (C=O) groups excluding carboxylic acids is 2. The molecule has 1 aliphatic rings. The number of hydrogen-bond acceptors (Lipinski definition) is 4. The lowest BCUT2D eigenvalue weighted by molar-refractivity contribution is -0.121. The van der Waals surface area contributed by atoms with Crippen molar-refractivity contribution in [1.82, 2.24) is 5.32 Å². The van der Waals surface area contributed by atoms with Gasteiger partial charge in [-0.25, -0.2) is 0 Å². The minimum Gasteiger partial charge on any atom is -0.399 e. The van der Waals surface area contributed by atoms with Gasteiger partial charge in [-0.15, -0.1) is 11.8 Å². The molecule has 148 valence electrons. The number of thioether (sulfide) groups is 1. The van der Waals surface area contributed by atoms with Gasteiger partial charge in [-0.2, -0.15) is 0 Å². The first-order valence-electron chi connectivity index (χ1n) is 9.59. The number of benzene rings is 2. The molecule has 0 fully saturated rings. The lowest BCUT2D eigenvalue weighted by Gasteiger charge is -2.27. The summed E-state index contributed by atoms with van der Waals surface area (Å²) in [4.78, 5) is 24.7. The number of fused-ring (bicyclic) bond motifs is 1. The number of anilines is 2. The van der Waals surface area contributed by atoms with E-state index in [9.17, 15) is 9.59 Å². The zero-order valence-electron chi connectivity index (χ0n) is 16.3. The molecule has 2 aromatic carbocycles. The average molecular weight is 398 g/mol. The molecule has 0 spiro atoms. The highest BCUT2D eigenvalue weighted by Gasteiger charge is 2.24. The highest BCUT2D eigenvalue weighted by Crippen LogP contribution is 2.31. The van der Waals surface area contributed by atoms with Gasteiger partial charge in [0.15, 0.2) is 0 Å². The summed E-state index contributed by atoms with van der Waals surface area (Å²) in [6, 6.07) is 13.6. The monoisotopic (exact) mass is 397 g/mol. The molecule has 4 N–H and O–H groups in total. The van der Waals surface area contributed by atoms with Crippen molar-refractivity contribution in [2.45, 2.75) is 44.4 Å². The SMILES string of the molecule is Cc1ccc(NC(=O)CSC(C)C(=O)NC2CCCc3cc(N)ccc32)cc1. The van der Waals surface area contributed by atoms with Crippen molar-refractivity contribution in [2.75, 3.05) is 16.8 Å². The second-order valence-electron chi connectivity index (χ2n) is 7.28. The van der Waals surface area contributed by atoms with Crippen LogP contribution in [0.5, 0.6) is 0 Å². The van der Waals surface area contributed by atoms with Gasteiger partial charge in [-0.3, -0.25) is 9.59 Å². The van der Waals surface area contributed by atoms with Crippen LogP contribution in [0.2, 0.25) is 0 Å². The van der Waals surface area contributed by atoms with Crippen molar-refractivity contribution in [3.05, 3.63) is 59.2 Å². The number of aryl methyl sites for hydroxylation is 2. The van der Waals surface area contributed by atoms with Crippen molar-refractivity contribution in [2.24, 2.45) is 0 Å². The van der Waals surface area contributed by atoms with Gasteiger partial charge in [-0.05, 0) is 68.5 Å². The first-order chi connectivity index (χ1) is 13.4. The topological polar surface area (TPSA) is 84.2 Å². The smallest absolute Gasteiger partial charge is 0.234 e. The van der Waals surface area contributed by atoms with Crippen LogP contribution in [0.25, 0.3) is 0 Å². The Labute approximate surface area is 170 Å². The van der Waals surface area contributed by atoms with Crippen LogP contribution in [0.15, 0.2) is 42.5 Å². The van der Waals surface area contributed by atoms with Gasteiger partial charge in [0.1, 0.15) is 0 Å². The maximum Gasteiger partial charge on any atom is 0.234 e. The number of rotatable bonds is 6. The minimum absolute atomic E-state index is 0.0151. The van der Waals surface area contributed by atoms with Crippen LogP contribution in [0.4, 0.5) is 11.4 Å². The fourth-order valence-electron chi connectivity index (χ4n) is 3.38. The number of nitrogen functional groups attached to an aromatic ring is 1. The normalized spacial score (nSPS) is 16.7. The molecular weight excluding hydrogens is 370 g/mol. The lowest BCUT2D eigenvalue weighted by Crippen LogP contribution is -2.36. The van der Waals surface area contributed by atoms with E-state index in [1.807, 2.05) is 56.3 Å². The molecule has 0 saturated heterocycles. The first-order valence-corrected chi connectivity index (χ1v) is 10.6. The van der Waals surface area contributed by atoms with E-state index in [0.717, 1.165) is 41.8 Å². The predicted octanol–water partition coefficient (Wildman–Crippen LogP) is 3.83. The van der Waals surface area contributed by atoms with Gasteiger partial charge >= 0.3 is 0 Å². The summed E-state index contributed by atoms with van der Waals surface area (Å²) in [7, 11) is 0. The van der Waals surface area contributed by atoms with Crippen LogP contribution < -0.4 is 16.4 Å². The van der Waals surface area contributed by atoms with E-state index in [4.69, 9.17) is 5.73 Å². The molecule has 2 aromatic rings. The number of hydrogen-bond donors (Lipinski definition) is 3. The van der Waals surface area contributed by atoms with E-state index in [1.54, 1.807) is 0 Å². The van der Waals surface area contributed by atoms with Crippen LogP contribution in [0.3, 0.4) is 0 Å². The average Bonchev–Trinajstić information content (AvgIpc) is 2.67. The number of amides is 2. The summed E-state index contributed by atoms with van der Waals surface area (Å²) in [5.74, 6) is 0.0927. The fraction of sp³-hybridized carbons (Fsp3) is 0.364. The zero-order valence-corrected chi connectivity index (χ0v) is 17.1. The molecule has 5 nitrogen and oxygen atoms in total. The van der Waals surface area contributed by atoms with Gasteiger partial charge in [0, 0.05) is 11.4 Å². The van der Waals surface area contributed by atoms with Gasteiger partial charge in [0.05, 0.1) is 17.0 Å². The molecule has 0 aliphatic heterocycles. The predicted molar refractivity (Wildman–Crippen MR) is 116 cm³/mol. The molecular formula is C22H27N3O2S. The van der Waals surface area contributed by atoms with Crippen LogP contribution in [-0.4, -0.2) is 22.8 Å². The molecule has 3 rings (SSSR count). The Morgan fingerprint density at radius 3 is 2.71 bits per heavy atom. The number of nitrogens with one attached hydrogen (secondary N) is 2. The third-order valence-electron chi connectivity index (χ3n) is 4.97. The summed E-state index contributed by atoms with van der Waals surface area (Å²) in [6.45, 7) is 3.84. The van der Waals surface area contributed by atoms with Crippen LogP contribution in [-0.2, 0) is 16.0 Å². The number of nitrogens with two attached hydrogens (primary N) is 1. The van der Waals surface area contributed by atoms with Gasteiger partial charge in [0.2, 0.25) is 11.8 Å². The van der Waals surface area contributed by atoms with E-state index in [-0.39, 0.29) is 28.9 Å². The molecule has 28 heavy (non-hydrogen) atoms. The van der Waals surface area contributed by atoms with E-state index >= 15 is 0 Å². The Hall–Kier alpha value is -2.47. The molecule has 2 unspecified atom stereocenters. The van der Waals surface area contributed by atoms with E-state index in [1.165, 1.54) is 17.3 Å². The largest absolute Gasteiger partial charge is 0.399 e. The fourth-order valence-corrected chi connectivity index (χ4v) is 4.08. The van der Waals surface area contributed by atoms with Crippen LogP contribution in [0.1, 0.15) is 42.5 Å². The molecule has 0 aromatic heterocycles.